The first kappa shape index (κ1) is 20.2. The zero-order valence-electron chi connectivity index (χ0n) is 15.2. The predicted octanol–water partition coefficient (Wildman–Crippen LogP) is 2.62. The van der Waals surface area contributed by atoms with Crippen LogP contribution in [0, 0.1) is 0 Å². The second-order valence-corrected chi connectivity index (χ2v) is 7.51. The van der Waals surface area contributed by atoms with E-state index in [9.17, 15) is 9.59 Å². The third-order valence-corrected chi connectivity index (χ3v) is 5.23. The summed E-state index contributed by atoms with van der Waals surface area (Å²) in [6.45, 7) is 5.61. The van der Waals surface area contributed by atoms with Gasteiger partial charge in [0.25, 0.3) is 0 Å². The van der Waals surface area contributed by atoms with E-state index in [1.165, 1.54) is 17.8 Å². The van der Waals surface area contributed by atoms with Crippen LogP contribution in [0.3, 0.4) is 0 Å². The van der Waals surface area contributed by atoms with Crippen LogP contribution in [-0.4, -0.2) is 52.1 Å². The molecule has 1 aromatic heterocycles. The van der Waals surface area contributed by atoms with Gasteiger partial charge < -0.3 is 10.2 Å². The van der Waals surface area contributed by atoms with Crippen molar-refractivity contribution in [1.82, 2.24) is 25.4 Å². The molecule has 1 aliphatic rings. The normalized spacial score (nSPS) is 13.4. The van der Waals surface area contributed by atoms with E-state index < -0.39 is 11.9 Å². The number of carbonyl (C=O) groups is 2. The Morgan fingerprint density at radius 1 is 1.29 bits per heavy atom. The highest BCUT2D eigenvalue weighted by Gasteiger charge is 2.23. The van der Waals surface area contributed by atoms with Crippen molar-refractivity contribution in [2.24, 2.45) is 0 Å². The molecule has 8 nitrogen and oxygen atoms in total. The first-order valence-corrected chi connectivity index (χ1v) is 10.2. The smallest absolute Gasteiger partial charge is 0.321 e. The molecular weight excluding hydrogens is 400 g/mol. The number of hydrogen-bond donors (Lipinski definition) is 2. The maximum Gasteiger partial charge on any atom is 0.321 e. The summed E-state index contributed by atoms with van der Waals surface area (Å²) in [5.74, 6) is 0.335. The summed E-state index contributed by atoms with van der Waals surface area (Å²) in [7, 11) is 0. The predicted molar refractivity (Wildman–Crippen MR) is 110 cm³/mol. The van der Waals surface area contributed by atoms with Gasteiger partial charge >= 0.3 is 6.03 Å². The number of urea groups is 1. The number of amides is 3. The molecular formula is C18H21ClN6O2S. The molecule has 0 saturated carbocycles. The third-order valence-electron chi connectivity index (χ3n) is 4.06. The van der Waals surface area contributed by atoms with Gasteiger partial charge in [0.15, 0.2) is 5.16 Å². The maximum absolute atomic E-state index is 12.0. The molecule has 0 aliphatic carbocycles. The van der Waals surface area contributed by atoms with Crippen molar-refractivity contribution in [3.63, 3.8) is 0 Å². The minimum Gasteiger partial charge on any atom is -0.341 e. The molecule has 0 spiro atoms. The lowest BCUT2D eigenvalue weighted by Gasteiger charge is -2.18. The topological polar surface area (TPSA) is 92.2 Å². The molecule has 0 unspecified atom stereocenters. The number of thioether (sulfide) groups is 1. The van der Waals surface area contributed by atoms with Crippen molar-refractivity contribution in [3.8, 4) is 5.69 Å². The van der Waals surface area contributed by atoms with Gasteiger partial charge in [0.1, 0.15) is 0 Å². The van der Waals surface area contributed by atoms with Gasteiger partial charge in [0.05, 0.1) is 11.4 Å². The SMILES string of the molecule is C=CCNC(=O)NC(=O)CSc1nnc(N2CCCC2)n1-c1cccc(Cl)c1. The number of anilines is 1. The molecule has 0 radical (unpaired) electrons. The molecule has 148 valence electrons. The maximum atomic E-state index is 12.0. The summed E-state index contributed by atoms with van der Waals surface area (Å²) in [6, 6.07) is 6.85. The van der Waals surface area contributed by atoms with Gasteiger partial charge in [-0.05, 0) is 31.0 Å². The van der Waals surface area contributed by atoms with Crippen LogP contribution in [0.1, 0.15) is 12.8 Å². The van der Waals surface area contributed by atoms with E-state index in [1.807, 2.05) is 22.8 Å². The van der Waals surface area contributed by atoms with Gasteiger partial charge in [-0.25, -0.2) is 4.79 Å². The Balaban J connectivity index is 1.76. The quantitative estimate of drug-likeness (QED) is 0.528. The molecule has 3 rings (SSSR count). The van der Waals surface area contributed by atoms with E-state index in [1.54, 1.807) is 6.07 Å². The highest BCUT2D eigenvalue weighted by molar-refractivity contribution is 7.99. The van der Waals surface area contributed by atoms with Gasteiger partial charge in [-0.1, -0.05) is 35.5 Å². The van der Waals surface area contributed by atoms with Gasteiger partial charge in [0, 0.05) is 24.7 Å². The second-order valence-electron chi connectivity index (χ2n) is 6.13. The molecule has 10 heteroatoms. The molecule has 1 aliphatic heterocycles. The Kier molecular flexibility index (Phi) is 6.94. The summed E-state index contributed by atoms with van der Waals surface area (Å²) in [5.41, 5.74) is 0.825. The molecule has 1 aromatic carbocycles. The fraction of sp³-hybridized carbons (Fsp3) is 0.333. The fourth-order valence-corrected chi connectivity index (χ4v) is 3.75. The highest BCUT2D eigenvalue weighted by Crippen LogP contribution is 2.29. The lowest BCUT2D eigenvalue weighted by atomic mass is 10.3. The van der Waals surface area contributed by atoms with E-state index in [2.05, 4.69) is 32.3 Å². The molecule has 1 saturated heterocycles. The number of halogens is 1. The number of imide groups is 1. The van der Waals surface area contributed by atoms with Gasteiger partial charge in [-0.2, -0.15) is 0 Å². The number of benzene rings is 1. The monoisotopic (exact) mass is 420 g/mol. The van der Waals surface area contributed by atoms with Crippen LogP contribution in [0.2, 0.25) is 5.02 Å². The minimum atomic E-state index is -0.556. The minimum absolute atomic E-state index is 0.0280. The number of nitrogens with one attached hydrogen (secondary N) is 2. The van der Waals surface area contributed by atoms with Crippen molar-refractivity contribution >= 4 is 41.2 Å². The number of aromatic nitrogens is 3. The standard InChI is InChI=1S/C18H21ClN6O2S/c1-2-8-20-16(27)21-15(26)12-28-18-23-22-17(24-9-3-4-10-24)25(18)14-7-5-6-13(19)11-14/h2,5-7,11H,1,3-4,8-10,12H2,(H2,20,21,26,27). The van der Waals surface area contributed by atoms with Crippen LogP contribution < -0.4 is 15.5 Å². The molecule has 2 aromatic rings. The van der Waals surface area contributed by atoms with E-state index in [0.717, 1.165) is 37.6 Å². The van der Waals surface area contributed by atoms with Crippen LogP contribution in [-0.2, 0) is 4.79 Å². The lowest BCUT2D eigenvalue weighted by Crippen LogP contribution is -2.40. The Morgan fingerprint density at radius 3 is 2.79 bits per heavy atom. The molecule has 0 bridgehead atoms. The molecule has 28 heavy (non-hydrogen) atoms. The van der Waals surface area contributed by atoms with E-state index >= 15 is 0 Å². The first-order valence-electron chi connectivity index (χ1n) is 8.86. The number of carbonyl (C=O) groups excluding carboxylic acids is 2. The molecule has 3 amide bonds. The van der Waals surface area contributed by atoms with Crippen LogP contribution in [0.15, 0.2) is 42.1 Å². The molecule has 2 heterocycles. The Labute approximate surface area is 172 Å². The fourth-order valence-electron chi connectivity index (χ4n) is 2.82. The number of rotatable bonds is 7. The van der Waals surface area contributed by atoms with E-state index in [0.29, 0.717) is 10.2 Å². The van der Waals surface area contributed by atoms with Gasteiger partial charge in [-0.15, -0.1) is 16.8 Å². The molecule has 2 N–H and O–H groups in total. The first-order chi connectivity index (χ1) is 13.6. The number of nitrogens with zero attached hydrogens (tertiary/aromatic N) is 4. The van der Waals surface area contributed by atoms with Crippen molar-refractivity contribution in [1.29, 1.82) is 0 Å². The molecule has 1 fully saturated rings. The van der Waals surface area contributed by atoms with Crippen LogP contribution >= 0.6 is 23.4 Å². The summed E-state index contributed by atoms with van der Waals surface area (Å²) in [6.07, 6.45) is 3.74. The van der Waals surface area contributed by atoms with Gasteiger partial charge in [-0.3, -0.25) is 14.7 Å². The average Bonchev–Trinajstić information content (AvgIpc) is 3.34. The summed E-state index contributed by atoms with van der Waals surface area (Å²) >= 11 is 7.37. The van der Waals surface area contributed by atoms with Gasteiger partial charge in [0.2, 0.25) is 11.9 Å². The van der Waals surface area contributed by atoms with E-state index in [4.69, 9.17) is 11.6 Å². The van der Waals surface area contributed by atoms with Crippen molar-refractivity contribution in [2.45, 2.75) is 18.0 Å². The largest absolute Gasteiger partial charge is 0.341 e. The zero-order valence-corrected chi connectivity index (χ0v) is 16.8. The highest BCUT2D eigenvalue weighted by atomic mass is 35.5. The van der Waals surface area contributed by atoms with Crippen molar-refractivity contribution in [3.05, 3.63) is 41.9 Å². The Morgan fingerprint density at radius 2 is 2.07 bits per heavy atom. The zero-order chi connectivity index (χ0) is 19.9. The number of hydrogen-bond acceptors (Lipinski definition) is 6. The average molecular weight is 421 g/mol. The van der Waals surface area contributed by atoms with E-state index in [-0.39, 0.29) is 12.3 Å². The van der Waals surface area contributed by atoms with Crippen molar-refractivity contribution < 1.29 is 9.59 Å². The third kappa shape index (κ3) is 5.05. The molecule has 0 atom stereocenters. The Hall–Kier alpha value is -2.52. The summed E-state index contributed by atoms with van der Waals surface area (Å²) in [5, 5.41) is 14.5. The Bertz CT molecular complexity index is 866. The van der Waals surface area contributed by atoms with Crippen LogP contribution in [0.5, 0.6) is 0 Å². The summed E-state index contributed by atoms with van der Waals surface area (Å²) < 4.78 is 1.90. The van der Waals surface area contributed by atoms with Crippen LogP contribution in [0.25, 0.3) is 5.69 Å². The van der Waals surface area contributed by atoms with Crippen LogP contribution in [0.4, 0.5) is 10.7 Å². The summed E-state index contributed by atoms with van der Waals surface area (Å²) in [4.78, 5) is 25.8. The second kappa shape index (κ2) is 9.61. The lowest BCUT2D eigenvalue weighted by molar-refractivity contribution is -0.117. The van der Waals surface area contributed by atoms with Crippen molar-refractivity contribution in [2.75, 3.05) is 30.3 Å².